The number of ether oxygens (including phenoxy) is 1. The van der Waals surface area contributed by atoms with Gasteiger partial charge in [0.25, 0.3) is 5.91 Å². The molecule has 1 saturated heterocycles. The highest BCUT2D eigenvalue weighted by atomic mass is 16.5. The standard InChI is InChI=1S/C15H21N3O4/c1-9-7-18(8-10(2)22-9)13-5-4-12(6-16-13)14(19)17-11(3)15(20)21/h4-6,9-11H,7-8H2,1-3H3,(H,17,19)(H,20,21)/t9?,10?,11-/m1/s1. The molecule has 1 aromatic rings. The van der Waals surface area contributed by atoms with Crippen molar-refractivity contribution in [2.75, 3.05) is 18.0 Å². The quantitative estimate of drug-likeness (QED) is 0.858. The molecule has 2 heterocycles. The van der Waals surface area contributed by atoms with Crippen molar-refractivity contribution in [2.24, 2.45) is 0 Å². The zero-order chi connectivity index (χ0) is 16.3. The molecule has 1 amide bonds. The Bertz CT molecular complexity index is 536. The van der Waals surface area contributed by atoms with Gasteiger partial charge in [-0.2, -0.15) is 0 Å². The van der Waals surface area contributed by atoms with Gasteiger partial charge in [-0.15, -0.1) is 0 Å². The van der Waals surface area contributed by atoms with Crippen LogP contribution in [0.1, 0.15) is 31.1 Å². The van der Waals surface area contributed by atoms with Crippen molar-refractivity contribution in [1.82, 2.24) is 10.3 Å². The van der Waals surface area contributed by atoms with Crippen LogP contribution in [-0.2, 0) is 9.53 Å². The number of morpholine rings is 1. The lowest BCUT2D eigenvalue weighted by atomic mass is 10.2. The van der Waals surface area contributed by atoms with E-state index in [1.54, 1.807) is 12.1 Å². The molecule has 7 heteroatoms. The molecular weight excluding hydrogens is 286 g/mol. The van der Waals surface area contributed by atoms with Crippen LogP contribution in [0.5, 0.6) is 0 Å². The summed E-state index contributed by atoms with van der Waals surface area (Å²) in [6, 6.07) is 2.48. The molecule has 1 aliphatic rings. The molecule has 2 N–H and O–H groups in total. The number of anilines is 1. The Morgan fingerprint density at radius 1 is 1.36 bits per heavy atom. The fourth-order valence-corrected chi connectivity index (χ4v) is 2.41. The normalized spacial score (nSPS) is 23.0. The lowest BCUT2D eigenvalue weighted by Crippen LogP contribution is -2.45. The highest BCUT2D eigenvalue weighted by Gasteiger charge is 2.23. The number of carboxylic acid groups (broad SMARTS) is 1. The van der Waals surface area contributed by atoms with Gasteiger partial charge < -0.3 is 20.1 Å². The summed E-state index contributed by atoms with van der Waals surface area (Å²) >= 11 is 0. The van der Waals surface area contributed by atoms with Gasteiger partial charge in [0, 0.05) is 19.3 Å². The first-order valence-corrected chi connectivity index (χ1v) is 7.27. The molecule has 120 valence electrons. The van der Waals surface area contributed by atoms with Crippen LogP contribution >= 0.6 is 0 Å². The van der Waals surface area contributed by atoms with E-state index in [1.165, 1.54) is 13.1 Å². The predicted octanol–water partition coefficient (Wildman–Crippen LogP) is 0.898. The highest BCUT2D eigenvalue weighted by Crippen LogP contribution is 2.18. The summed E-state index contributed by atoms with van der Waals surface area (Å²) in [5.74, 6) is -0.739. The highest BCUT2D eigenvalue weighted by molar-refractivity contribution is 5.96. The zero-order valence-electron chi connectivity index (χ0n) is 12.9. The first-order chi connectivity index (χ1) is 10.4. The average molecular weight is 307 g/mol. The molecule has 0 saturated carbocycles. The van der Waals surface area contributed by atoms with Crippen molar-refractivity contribution in [2.45, 2.75) is 39.0 Å². The monoisotopic (exact) mass is 307 g/mol. The van der Waals surface area contributed by atoms with Crippen LogP contribution in [-0.4, -0.2) is 53.3 Å². The van der Waals surface area contributed by atoms with Gasteiger partial charge in [-0.1, -0.05) is 0 Å². The summed E-state index contributed by atoms with van der Waals surface area (Å²) < 4.78 is 5.68. The fourth-order valence-electron chi connectivity index (χ4n) is 2.41. The van der Waals surface area contributed by atoms with E-state index >= 15 is 0 Å². The Hall–Kier alpha value is -2.15. The van der Waals surface area contributed by atoms with E-state index in [0.717, 1.165) is 18.9 Å². The van der Waals surface area contributed by atoms with Crippen molar-refractivity contribution in [3.63, 3.8) is 0 Å². The Morgan fingerprint density at radius 2 is 2.00 bits per heavy atom. The minimum absolute atomic E-state index is 0.130. The number of nitrogens with one attached hydrogen (secondary N) is 1. The number of aromatic nitrogens is 1. The summed E-state index contributed by atoms with van der Waals surface area (Å²) in [5.41, 5.74) is 0.339. The van der Waals surface area contributed by atoms with E-state index < -0.39 is 17.9 Å². The number of carbonyl (C=O) groups is 2. The van der Waals surface area contributed by atoms with Crippen molar-refractivity contribution in [1.29, 1.82) is 0 Å². The van der Waals surface area contributed by atoms with Crippen LogP contribution < -0.4 is 10.2 Å². The van der Waals surface area contributed by atoms with Gasteiger partial charge in [-0.3, -0.25) is 9.59 Å². The number of hydrogen-bond donors (Lipinski definition) is 2. The van der Waals surface area contributed by atoms with Crippen LogP contribution in [0, 0.1) is 0 Å². The summed E-state index contributed by atoms with van der Waals surface area (Å²) in [7, 11) is 0. The van der Waals surface area contributed by atoms with E-state index in [1.807, 2.05) is 13.8 Å². The van der Waals surface area contributed by atoms with Gasteiger partial charge in [0.1, 0.15) is 11.9 Å². The molecule has 1 aliphatic heterocycles. The number of aliphatic carboxylic acids is 1. The topological polar surface area (TPSA) is 91.8 Å². The maximum absolute atomic E-state index is 11.9. The summed E-state index contributed by atoms with van der Waals surface area (Å²) in [6.07, 6.45) is 1.72. The average Bonchev–Trinajstić information content (AvgIpc) is 2.46. The van der Waals surface area contributed by atoms with Crippen LogP contribution in [0.2, 0.25) is 0 Å². The second kappa shape index (κ2) is 6.74. The van der Waals surface area contributed by atoms with E-state index in [4.69, 9.17) is 9.84 Å². The third-order valence-corrected chi connectivity index (χ3v) is 3.47. The Kier molecular flexibility index (Phi) is 4.97. The lowest BCUT2D eigenvalue weighted by molar-refractivity contribution is -0.138. The molecular formula is C15H21N3O4. The third-order valence-electron chi connectivity index (χ3n) is 3.47. The van der Waals surface area contributed by atoms with Crippen LogP contribution in [0.4, 0.5) is 5.82 Å². The lowest BCUT2D eigenvalue weighted by Gasteiger charge is -2.36. The number of nitrogens with zero attached hydrogens (tertiary/aromatic N) is 2. The molecule has 3 atom stereocenters. The number of carboxylic acids is 1. The Labute approximate surface area is 129 Å². The van der Waals surface area contributed by atoms with Crippen molar-refractivity contribution in [3.8, 4) is 0 Å². The molecule has 1 fully saturated rings. The van der Waals surface area contributed by atoms with Gasteiger partial charge in [-0.25, -0.2) is 4.98 Å². The van der Waals surface area contributed by atoms with E-state index in [-0.39, 0.29) is 12.2 Å². The minimum Gasteiger partial charge on any atom is -0.480 e. The van der Waals surface area contributed by atoms with Crippen LogP contribution in [0.15, 0.2) is 18.3 Å². The molecule has 1 aromatic heterocycles. The molecule has 2 unspecified atom stereocenters. The van der Waals surface area contributed by atoms with Crippen LogP contribution in [0.3, 0.4) is 0 Å². The number of amides is 1. The second-order valence-corrected chi connectivity index (χ2v) is 5.60. The molecule has 0 spiro atoms. The summed E-state index contributed by atoms with van der Waals surface area (Å²) in [4.78, 5) is 29.1. The van der Waals surface area contributed by atoms with Gasteiger partial charge in [0.2, 0.25) is 0 Å². The summed E-state index contributed by atoms with van der Waals surface area (Å²) in [5, 5.41) is 11.2. The predicted molar refractivity (Wildman–Crippen MR) is 81.0 cm³/mol. The smallest absolute Gasteiger partial charge is 0.325 e. The molecule has 0 aliphatic carbocycles. The van der Waals surface area contributed by atoms with E-state index in [2.05, 4.69) is 15.2 Å². The molecule has 22 heavy (non-hydrogen) atoms. The maximum Gasteiger partial charge on any atom is 0.325 e. The van der Waals surface area contributed by atoms with E-state index in [9.17, 15) is 9.59 Å². The second-order valence-electron chi connectivity index (χ2n) is 5.60. The first-order valence-electron chi connectivity index (χ1n) is 7.27. The van der Waals surface area contributed by atoms with Crippen molar-refractivity contribution < 1.29 is 19.4 Å². The SMILES string of the molecule is CC1CN(c2ccc(C(=O)N[C@H](C)C(=O)O)cn2)CC(C)O1. The van der Waals surface area contributed by atoms with E-state index in [0.29, 0.717) is 5.56 Å². The Morgan fingerprint density at radius 3 is 2.50 bits per heavy atom. The van der Waals surface area contributed by atoms with Crippen molar-refractivity contribution >= 4 is 17.7 Å². The van der Waals surface area contributed by atoms with Gasteiger partial charge >= 0.3 is 5.97 Å². The molecule has 0 bridgehead atoms. The number of carbonyl (C=O) groups excluding carboxylic acids is 1. The fraction of sp³-hybridized carbons (Fsp3) is 0.533. The number of hydrogen-bond acceptors (Lipinski definition) is 5. The summed E-state index contributed by atoms with van der Waals surface area (Å²) in [6.45, 7) is 6.94. The molecule has 0 radical (unpaired) electrons. The van der Waals surface area contributed by atoms with Gasteiger partial charge in [0.15, 0.2) is 0 Å². The third kappa shape index (κ3) is 3.94. The zero-order valence-corrected chi connectivity index (χ0v) is 12.9. The van der Waals surface area contributed by atoms with Gasteiger partial charge in [-0.05, 0) is 32.9 Å². The number of rotatable bonds is 4. The number of pyridine rings is 1. The van der Waals surface area contributed by atoms with Gasteiger partial charge in [0.05, 0.1) is 17.8 Å². The maximum atomic E-state index is 11.9. The first kappa shape index (κ1) is 16.2. The molecule has 7 nitrogen and oxygen atoms in total. The Balaban J connectivity index is 2.03. The molecule has 2 rings (SSSR count). The largest absolute Gasteiger partial charge is 0.480 e. The molecule has 0 aromatic carbocycles. The van der Waals surface area contributed by atoms with Crippen LogP contribution in [0.25, 0.3) is 0 Å². The van der Waals surface area contributed by atoms with Crippen molar-refractivity contribution in [3.05, 3.63) is 23.9 Å². The minimum atomic E-state index is -1.07.